The lowest BCUT2D eigenvalue weighted by Gasteiger charge is -2.08. The molecule has 82 valence electrons. The largest absolute Gasteiger partial charge is 0.493 e. The summed E-state index contributed by atoms with van der Waals surface area (Å²) in [7, 11) is 0. The quantitative estimate of drug-likeness (QED) is 0.711. The van der Waals surface area contributed by atoms with E-state index in [4.69, 9.17) is 9.47 Å². The first kappa shape index (κ1) is 10.3. The Labute approximate surface area is 91.2 Å². The molecule has 0 aliphatic heterocycles. The van der Waals surface area contributed by atoms with Gasteiger partial charge in [-0.3, -0.25) is 0 Å². The van der Waals surface area contributed by atoms with Crippen LogP contribution >= 0.6 is 0 Å². The second-order valence-corrected chi connectivity index (χ2v) is 4.08. The molecule has 0 aromatic heterocycles. The first-order chi connectivity index (χ1) is 7.38. The van der Waals surface area contributed by atoms with Crippen LogP contribution in [0.25, 0.3) is 0 Å². The fourth-order valence-electron chi connectivity index (χ4n) is 1.37. The number of hydrogen-bond acceptors (Lipinski definition) is 2. The van der Waals surface area contributed by atoms with Crippen molar-refractivity contribution in [2.45, 2.75) is 26.2 Å². The summed E-state index contributed by atoms with van der Waals surface area (Å²) in [6, 6.07) is 7.91. The molecular weight excluding hydrogens is 188 g/mol. The monoisotopic (exact) mass is 206 g/mol. The summed E-state index contributed by atoms with van der Waals surface area (Å²) >= 11 is 0. The molecule has 1 aromatic rings. The molecule has 0 amide bonds. The SMILES string of the molecule is CCCOc1cccc(OCC2CC2)c1. The van der Waals surface area contributed by atoms with Crippen LogP contribution in [-0.2, 0) is 0 Å². The van der Waals surface area contributed by atoms with Crippen molar-refractivity contribution < 1.29 is 9.47 Å². The Bertz CT molecular complexity index is 305. The van der Waals surface area contributed by atoms with E-state index in [1.54, 1.807) is 0 Å². The van der Waals surface area contributed by atoms with Gasteiger partial charge in [-0.1, -0.05) is 13.0 Å². The van der Waals surface area contributed by atoms with Crippen molar-refractivity contribution in [2.75, 3.05) is 13.2 Å². The highest BCUT2D eigenvalue weighted by Gasteiger charge is 2.21. The normalized spacial score (nSPS) is 15.0. The van der Waals surface area contributed by atoms with Crippen LogP contribution < -0.4 is 9.47 Å². The second kappa shape index (κ2) is 5.06. The Balaban J connectivity index is 1.85. The molecule has 0 N–H and O–H groups in total. The molecule has 15 heavy (non-hydrogen) atoms. The highest BCUT2D eigenvalue weighted by molar-refractivity contribution is 5.32. The van der Waals surface area contributed by atoms with Gasteiger partial charge in [0.1, 0.15) is 11.5 Å². The molecule has 2 heteroatoms. The topological polar surface area (TPSA) is 18.5 Å². The van der Waals surface area contributed by atoms with Crippen LogP contribution in [0.5, 0.6) is 11.5 Å². The average molecular weight is 206 g/mol. The Morgan fingerprint density at radius 2 is 1.93 bits per heavy atom. The van der Waals surface area contributed by atoms with Gasteiger partial charge in [0.25, 0.3) is 0 Å². The van der Waals surface area contributed by atoms with Gasteiger partial charge in [0, 0.05) is 6.07 Å². The third-order valence-corrected chi connectivity index (χ3v) is 2.46. The summed E-state index contributed by atoms with van der Waals surface area (Å²) in [6.07, 6.45) is 3.69. The van der Waals surface area contributed by atoms with Crippen molar-refractivity contribution in [3.63, 3.8) is 0 Å². The van der Waals surface area contributed by atoms with Crippen molar-refractivity contribution in [1.82, 2.24) is 0 Å². The maximum Gasteiger partial charge on any atom is 0.122 e. The van der Waals surface area contributed by atoms with Gasteiger partial charge >= 0.3 is 0 Å². The maximum absolute atomic E-state index is 5.67. The molecule has 0 spiro atoms. The summed E-state index contributed by atoms with van der Waals surface area (Å²) in [5.74, 6) is 2.63. The summed E-state index contributed by atoms with van der Waals surface area (Å²) in [5.41, 5.74) is 0. The fraction of sp³-hybridized carbons (Fsp3) is 0.538. The van der Waals surface area contributed by atoms with Crippen LogP contribution in [0.2, 0.25) is 0 Å². The van der Waals surface area contributed by atoms with E-state index in [2.05, 4.69) is 6.92 Å². The zero-order valence-corrected chi connectivity index (χ0v) is 9.24. The average Bonchev–Trinajstić information content (AvgIpc) is 3.08. The Hall–Kier alpha value is -1.18. The number of rotatable bonds is 6. The summed E-state index contributed by atoms with van der Waals surface area (Å²) < 4.78 is 11.2. The molecule has 1 aromatic carbocycles. The molecule has 1 saturated carbocycles. The van der Waals surface area contributed by atoms with Gasteiger partial charge < -0.3 is 9.47 Å². The summed E-state index contributed by atoms with van der Waals surface area (Å²) in [5, 5.41) is 0. The van der Waals surface area contributed by atoms with Gasteiger partial charge in [0.2, 0.25) is 0 Å². The van der Waals surface area contributed by atoms with Crippen molar-refractivity contribution in [3.8, 4) is 11.5 Å². The summed E-state index contributed by atoms with van der Waals surface area (Å²) in [6.45, 7) is 3.73. The van der Waals surface area contributed by atoms with Gasteiger partial charge in [-0.25, -0.2) is 0 Å². The zero-order valence-electron chi connectivity index (χ0n) is 9.24. The molecule has 1 fully saturated rings. The molecule has 0 bridgehead atoms. The van der Waals surface area contributed by atoms with Gasteiger partial charge in [-0.15, -0.1) is 0 Å². The molecule has 0 heterocycles. The molecular formula is C13H18O2. The van der Waals surface area contributed by atoms with Gasteiger partial charge in [0.05, 0.1) is 13.2 Å². The van der Waals surface area contributed by atoms with Crippen LogP contribution in [0.1, 0.15) is 26.2 Å². The molecule has 2 rings (SSSR count). The van der Waals surface area contributed by atoms with Crippen LogP contribution in [0.3, 0.4) is 0 Å². The molecule has 0 radical (unpaired) electrons. The number of ether oxygens (including phenoxy) is 2. The van der Waals surface area contributed by atoms with Crippen LogP contribution in [-0.4, -0.2) is 13.2 Å². The first-order valence-electron chi connectivity index (χ1n) is 5.74. The second-order valence-electron chi connectivity index (χ2n) is 4.08. The number of hydrogen-bond donors (Lipinski definition) is 0. The van der Waals surface area contributed by atoms with Gasteiger partial charge in [-0.05, 0) is 37.3 Å². The summed E-state index contributed by atoms with van der Waals surface area (Å²) in [4.78, 5) is 0. The predicted octanol–water partition coefficient (Wildman–Crippen LogP) is 3.26. The lowest BCUT2D eigenvalue weighted by molar-refractivity contribution is 0.291. The molecule has 1 aliphatic rings. The molecule has 0 atom stereocenters. The van der Waals surface area contributed by atoms with E-state index in [1.807, 2.05) is 24.3 Å². The van der Waals surface area contributed by atoms with Crippen molar-refractivity contribution in [1.29, 1.82) is 0 Å². The molecule has 0 unspecified atom stereocenters. The first-order valence-corrected chi connectivity index (χ1v) is 5.74. The molecule has 2 nitrogen and oxygen atoms in total. The van der Waals surface area contributed by atoms with E-state index in [-0.39, 0.29) is 0 Å². The highest BCUT2D eigenvalue weighted by Crippen LogP contribution is 2.30. The third-order valence-electron chi connectivity index (χ3n) is 2.46. The van der Waals surface area contributed by atoms with Crippen LogP contribution in [0.15, 0.2) is 24.3 Å². The Morgan fingerprint density at radius 1 is 1.20 bits per heavy atom. The van der Waals surface area contributed by atoms with E-state index in [0.717, 1.165) is 37.1 Å². The minimum atomic E-state index is 0.770. The van der Waals surface area contributed by atoms with E-state index < -0.39 is 0 Å². The van der Waals surface area contributed by atoms with Gasteiger partial charge in [-0.2, -0.15) is 0 Å². The lowest BCUT2D eigenvalue weighted by Crippen LogP contribution is -2.00. The third kappa shape index (κ3) is 3.46. The lowest BCUT2D eigenvalue weighted by atomic mass is 10.3. The predicted molar refractivity (Wildman–Crippen MR) is 60.4 cm³/mol. The maximum atomic E-state index is 5.67. The molecule has 0 saturated heterocycles. The highest BCUT2D eigenvalue weighted by atomic mass is 16.5. The van der Waals surface area contributed by atoms with Crippen LogP contribution in [0, 0.1) is 5.92 Å². The van der Waals surface area contributed by atoms with Crippen molar-refractivity contribution in [3.05, 3.63) is 24.3 Å². The van der Waals surface area contributed by atoms with E-state index >= 15 is 0 Å². The minimum Gasteiger partial charge on any atom is -0.493 e. The minimum absolute atomic E-state index is 0.770. The van der Waals surface area contributed by atoms with E-state index in [1.165, 1.54) is 12.8 Å². The molecule has 1 aliphatic carbocycles. The Kier molecular flexibility index (Phi) is 3.49. The van der Waals surface area contributed by atoms with E-state index in [0.29, 0.717) is 0 Å². The number of benzene rings is 1. The standard InChI is InChI=1S/C13H18O2/c1-2-8-14-12-4-3-5-13(9-12)15-10-11-6-7-11/h3-5,9,11H,2,6-8,10H2,1H3. The fourth-order valence-corrected chi connectivity index (χ4v) is 1.37. The zero-order chi connectivity index (χ0) is 10.5. The van der Waals surface area contributed by atoms with E-state index in [9.17, 15) is 0 Å². The van der Waals surface area contributed by atoms with Crippen molar-refractivity contribution >= 4 is 0 Å². The smallest absolute Gasteiger partial charge is 0.122 e. The van der Waals surface area contributed by atoms with Crippen LogP contribution in [0.4, 0.5) is 0 Å². The Morgan fingerprint density at radius 3 is 2.60 bits per heavy atom. The van der Waals surface area contributed by atoms with Gasteiger partial charge in [0.15, 0.2) is 0 Å². The van der Waals surface area contributed by atoms with Crippen molar-refractivity contribution in [2.24, 2.45) is 5.92 Å².